The average Bonchev–Trinajstić information content (AvgIpc) is 2.93. The maximum Gasteiger partial charge on any atom is 0.324 e. The summed E-state index contributed by atoms with van der Waals surface area (Å²) in [5.41, 5.74) is 7.53. The van der Waals surface area contributed by atoms with Crippen LogP contribution in [0.4, 0.5) is 15.5 Å². The van der Waals surface area contributed by atoms with Crippen LogP contribution in [0.1, 0.15) is 33.6 Å². The molecule has 1 aromatic heterocycles. The summed E-state index contributed by atoms with van der Waals surface area (Å²) in [5.74, 6) is 0.0650. The molecule has 3 amide bonds. The third-order valence-electron chi connectivity index (χ3n) is 4.00. The maximum atomic E-state index is 12.3. The van der Waals surface area contributed by atoms with Gasteiger partial charge in [-0.25, -0.2) is 4.79 Å². The number of amides is 3. The molecule has 0 aliphatic heterocycles. The zero-order valence-corrected chi connectivity index (χ0v) is 14.2. The second-order valence-electron chi connectivity index (χ2n) is 5.56. The van der Waals surface area contributed by atoms with Crippen LogP contribution in [0.5, 0.6) is 5.75 Å². The van der Waals surface area contributed by atoms with Gasteiger partial charge in [-0.1, -0.05) is 12.1 Å². The number of primary amides is 1. The van der Waals surface area contributed by atoms with Crippen molar-refractivity contribution in [3.63, 3.8) is 0 Å². The highest BCUT2D eigenvalue weighted by Crippen LogP contribution is 2.38. The van der Waals surface area contributed by atoms with Crippen LogP contribution < -0.4 is 21.1 Å². The maximum absolute atomic E-state index is 12.3. The van der Waals surface area contributed by atoms with E-state index in [0.717, 1.165) is 36.1 Å². The lowest BCUT2D eigenvalue weighted by molar-refractivity contribution is 0.100. The number of carbonyl (C=O) groups excluding carboxylic acids is 2. The number of para-hydroxylation sites is 2. The Hall–Kier alpha value is -2.54. The van der Waals surface area contributed by atoms with Crippen molar-refractivity contribution in [2.75, 3.05) is 17.7 Å². The summed E-state index contributed by atoms with van der Waals surface area (Å²) >= 11 is 1.44. The summed E-state index contributed by atoms with van der Waals surface area (Å²) in [7, 11) is 1.54. The van der Waals surface area contributed by atoms with Gasteiger partial charge in [-0.2, -0.15) is 0 Å². The number of fused-ring (bicyclic) bond motifs is 1. The molecule has 0 fully saturated rings. The summed E-state index contributed by atoms with van der Waals surface area (Å²) in [5, 5.41) is 6.01. The average molecular weight is 345 g/mol. The van der Waals surface area contributed by atoms with Gasteiger partial charge in [-0.15, -0.1) is 11.3 Å². The van der Waals surface area contributed by atoms with Crippen LogP contribution in [0, 0.1) is 0 Å². The zero-order chi connectivity index (χ0) is 17.1. The lowest BCUT2D eigenvalue weighted by Gasteiger charge is -2.12. The number of aryl methyl sites for hydroxylation is 1. The molecule has 0 spiro atoms. The van der Waals surface area contributed by atoms with Gasteiger partial charge in [0.1, 0.15) is 10.8 Å². The number of methoxy groups -OCH3 is 1. The minimum Gasteiger partial charge on any atom is -0.495 e. The number of nitrogens with two attached hydrogens (primary N) is 1. The molecule has 3 rings (SSSR count). The first-order chi connectivity index (χ1) is 11.6. The van der Waals surface area contributed by atoms with Crippen LogP contribution in [0.3, 0.4) is 0 Å². The summed E-state index contributed by atoms with van der Waals surface area (Å²) in [6.07, 6.45) is 3.89. The molecule has 24 heavy (non-hydrogen) atoms. The number of hydrogen-bond acceptors (Lipinski definition) is 4. The number of rotatable bonds is 4. The molecule has 0 saturated carbocycles. The Kier molecular flexibility index (Phi) is 4.71. The van der Waals surface area contributed by atoms with Crippen molar-refractivity contribution in [3.05, 3.63) is 40.3 Å². The van der Waals surface area contributed by atoms with E-state index in [1.54, 1.807) is 18.2 Å². The fraction of sp³-hybridized carbons (Fsp3) is 0.294. The number of carbonyl (C=O) groups is 2. The summed E-state index contributed by atoms with van der Waals surface area (Å²) in [6, 6.07) is 6.69. The van der Waals surface area contributed by atoms with Crippen molar-refractivity contribution in [2.45, 2.75) is 25.7 Å². The van der Waals surface area contributed by atoms with Gasteiger partial charge >= 0.3 is 6.03 Å². The van der Waals surface area contributed by atoms with Crippen LogP contribution in [-0.4, -0.2) is 19.0 Å². The molecule has 0 saturated heterocycles. The van der Waals surface area contributed by atoms with Gasteiger partial charge in [0.25, 0.3) is 5.91 Å². The molecule has 0 atom stereocenters. The third kappa shape index (κ3) is 3.21. The first-order valence-corrected chi connectivity index (χ1v) is 8.57. The van der Waals surface area contributed by atoms with Gasteiger partial charge < -0.3 is 15.8 Å². The molecule has 7 heteroatoms. The summed E-state index contributed by atoms with van der Waals surface area (Å²) < 4.78 is 5.21. The van der Waals surface area contributed by atoms with Crippen molar-refractivity contribution >= 4 is 34.0 Å². The van der Waals surface area contributed by atoms with Crippen LogP contribution in [0.2, 0.25) is 0 Å². The van der Waals surface area contributed by atoms with E-state index in [4.69, 9.17) is 10.5 Å². The molecule has 0 unspecified atom stereocenters. The minimum atomic E-state index is -0.498. The van der Waals surface area contributed by atoms with Crippen LogP contribution in [-0.2, 0) is 12.8 Å². The number of ether oxygens (including phenoxy) is 1. The first kappa shape index (κ1) is 16.3. The van der Waals surface area contributed by atoms with E-state index >= 15 is 0 Å². The molecule has 0 radical (unpaired) electrons. The van der Waals surface area contributed by atoms with Gasteiger partial charge in [0.2, 0.25) is 0 Å². The fourth-order valence-electron chi connectivity index (χ4n) is 2.92. The third-order valence-corrected chi connectivity index (χ3v) is 5.21. The van der Waals surface area contributed by atoms with E-state index in [1.807, 2.05) is 6.07 Å². The van der Waals surface area contributed by atoms with Crippen LogP contribution in [0.25, 0.3) is 0 Å². The number of benzene rings is 1. The van der Waals surface area contributed by atoms with Crippen molar-refractivity contribution < 1.29 is 14.3 Å². The fourth-order valence-corrected chi connectivity index (χ4v) is 4.21. The number of thiophene rings is 1. The Bertz CT molecular complexity index is 785. The van der Waals surface area contributed by atoms with Gasteiger partial charge in [0.05, 0.1) is 18.4 Å². The van der Waals surface area contributed by atoms with E-state index in [1.165, 1.54) is 18.4 Å². The molecule has 126 valence electrons. The number of hydrogen-bond donors (Lipinski definition) is 3. The van der Waals surface area contributed by atoms with Gasteiger partial charge in [-0.05, 0) is 43.4 Å². The standard InChI is InChI=1S/C17H19N3O3S/c1-23-12-8-4-3-7-11(12)19-17(22)20-16-14(15(18)21)10-6-2-5-9-13(10)24-16/h3-4,7-8H,2,5-6,9H2,1H3,(H2,18,21)(H2,19,20,22). The SMILES string of the molecule is COc1ccccc1NC(=O)Nc1sc2c(c1C(N)=O)CCCC2. The Balaban J connectivity index is 1.82. The van der Waals surface area contributed by atoms with Gasteiger partial charge in [0.15, 0.2) is 0 Å². The molecule has 0 bridgehead atoms. The lowest BCUT2D eigenvalue weighted by Crippen LogP contribution is -2.22. The molecule has 4 N–H and O–H groups in total. The topological polar surface area (TPSA) is 93.4 Å². The van der Waals surface area contributed by atoms with Crippen molar-refractivity contribution in [1.29, 1.82) is 0 Å². The Morgan fingerprint density at radius 1 is 1.17 bits per heavy atom. The number of anilines is 2. The molecule has 1 aromatic carbocycles. The van der Waals surface area contributed by atoms with E-state index in [2.05, 4.69) is 10.6 Å². The van der Waals surface area contributed by atoms with Gasteiger partial charge in [-0.3, -0.25) is 10.1 Å². The van der Waals surface area contributed by atoms with E-state index in [9.17, 15) is 9.59 Å². The molecule has 6 nitrogen and oxygen atoms in total. The summed E-state index contributed by atoms with van der Waals surface area (Å²) in [6.45, 7) is 0. The second kappa shape index (κ2) is 6.92. The highest BCUT2D eigenvalue weighted by molar-refractivity contribution is 7.17. The van der Waals surface area contributed by atoms with Crippen LogP contribution in [0.15, 0.2) is 24.3 Å². The molecule has 2 aromatic rings. The smallest absolute Gasteiger partial charge is 0.324 e. The highest BCUT2D eigenvalue weighted by atomic mass is 32.1. The molecular weight excluding hydrogens is 326 g/mol. The predicted octanol–water partition coefficient (Wildman–Crippen LogP) is 3.38. The van der Waals surface area contributed by atoms with Gasteiger partial charge in [0, 0.05) is 4.88 Å². The number of nitrogens with one attached hydrogen (secondary N) is 2. The van der Waals surface area contributed by atoms with Crippen molar-refractivity contribution in [1.82, 2.24) is 0 Å². The van der Waals surface area contributed by atoms with E-state index in [0.29, 0.717) is 22.0 Å². The molecule has 1 aliphatic carbocycles. The highest BCUT2D eigenvalue weighted by Gasteiger charge is 2.25. The Morgan fingerprint density at radius 2 is 1.92 bits per heavy atom. The number of urea groups is 1. The quantitative estimate of drug-likeness (QED) is 0.793. The Labute approximate surface area is 144 Å². The monoisotopic (exact) mass is 345 g/mol. The normalized spacial score (nSPS) is 13.0. The van der Waals surface area contributed by atoms with E-state index in [-0.39, 0.29) is 0 Å². The zero-order valence-electron chi connectivity index (χ0n) is 13.3. The van der Waals surface area contributed by atoms with Crippen molar-refractivity contribution in [2.24, 2.45) is 5.73 Å². The van der Waals surface area contributed by atoms with Crippen molar-refractivity contribution in [3.8, 4) is 5.75 Å². The van der Waals surface area contributed by atoms with Crippen LogP contribution >= 0.6 is 11.3 Å². The second-order valence-corrected chi connectivity index (χ2v) is 6.66. The molecule has 1 heterocycles. The molecular formula is C17H19N3O3S. The first-order valence-electron chi connectivity index (χ1n) is 7.75. The predicted molar refractivity (Wildman–Crippen MR) is 95.1 cm³/mol. The largest absolute Gasteiger partial charge is 0.495 e. The summed E-state index contributed by atoms with van der Waals surface area (Å²) in [4.78, 5) is 25.3. The molecule has 1 aliphatic rings. The Morgan fingerprint density at radius 3 is 2.67 bits per heavy atom. The minimum absolute atomic E-state index is 0.430. The van der Waals surface area contributed by atoms with E-state index < -0.39 is 11.9 Å². The lowest BCUT2D eigenvalue weighted by atomic mass is 9.95.